The monoisotopic (exact) mass is 213 g/mol. The lowest BCUT2D eigenvalue weighted by Gasteiger charge is -2.10. The summed E-state index contributed by atoms with van der Waals surface area (Å²) in [4.78, 5) is 15.3. The highest BCUT2D eigenvalue weighted by Gasteiger charge is 2.14. The Morgan fingerprint density at radius 2 is 2.43 bits per heavy atom. The maximum absolute atomic E-state index is 11.5. The maximum atomic E-state index is 11.5. The lowest BCUT2D eigenvalue weighted by molar-refractivity contribution is 0.0328. The Bertz CT molecular complexity index is 328. The fourth-order valence-electron chi connectivity index (χ4n) is 0.858. The fourth-order valence-corrected chi connectivity index (χ4v) is 1.06. The minimum atomic E-state index is -0.468. The highest BCUT2D eigenvalue weighted by molar-refractivity contribution is 6.33. The molecule has 0 saturated carbocycles. The van der Waals surface area contributed by atoms with Crippen molar-refractivity contribution in [3.05, 3.63) is 29.0 Å². The maximum Gasteiger partial charge on any atom is 0.358 e. The van der Waals surface area contributed by atoms with Gasteiger partial charge in [-0.2, -0.15) is 0 Å². The lowest BCUT2D eigenvalue weighted by atomic mass is 10.3. The van der Waals surface area contributed by atoms with Crippen molar-refractivity contribution in [3.8, 4) is 0 Å². The molecule has 0 N–H and O–H groups in total. The molecule has 1 heterocycles. The van der Waals surface area contributed by atoms with Crippen LogP contribution in [0, 0.1) is 0 Å². The van der Waals surface area contributed by atoms with Gasteiger partial charge in [-0.05, 0) is 25.5 Å². The van der Waals surface area contributed by atoms with Crippen LogP contribution in [0.4, 0.5) is 0 Å². The molecule has 1 aromatic rings. The second-order valence-corrected chi connectivity index (χ2v) is 3.37. The normalized spacial score (nSPS) is 12.2. The van der Waals surface area contributed by atoms with Gasteiger partial charge in [0, 0.05) is 6.20 Å². The van der Waals surface area contributed by atoms with Crippen molar-refractivity contribution in [1.29, 1.82) is 0 Å². The Hall–Kier alpha value is -1.09. The van der Waals surface area contributed by atoms with Crippen LogP contribution in [-0.2, 0) is 4.74 Å². The first kappa shape index (κ1) is 11.0. The smallest absolute Gasteiger partial charge is 0.358 e. The van der Waals surface area contributed by atoms with E-state index in [0.717, 1.165) is 6.42 Å². The van der Waals surface area contributed by atoms with Gasteiger partial charge in [0.1, 0.15) is 0 Å². The van der Waals surface area contributed by atoms with E-state index in [2.05, 4.69) is 4.98 Å². The molecule has 1 aromatic heterocycles. The minimum absolute atomic E-state index is 0.111. The second-order valence-electron chi connectivity index (χ2n) is 2.96. The first-order chi connectivity index (χ1) is 6.65. The summed E-state index contributed by atoms with van der Waals surface area (Å²) in [6.45, 7) is 3.77. The Labute approximate surface area is 88.1 Å². The molecule has 1 unspecified atom stereocenters. The third kappa shape index (κ3) is 2.70. The molecule has 0 spiro atoms. The molecule has 0 amide bonds. The van der Waals surface area contributed by atoms with Crippen LogP contribution in [0.25, 0.3) is 0 Å². The molecular weight excluding hydrogens is 202 g/mol. The summed E-state index contributed by atoms with van der Waals surface area (Å²) in [5.74, 6) is -0.468. The molecule has 0 fully saturated rings. The van der Waals surface area contributed by atoms with Crippen LogP contribution in [-0.4, -0.2) is 17.1 Å². The average Bonchev–Trinajstić information content (AvgIpc) is 2.18. The van der Waals surface area contributed by atoms with Gasteiger partial charge in [0.25, 0.3) is 0 Å². The van der Waals surface area contributed by atoms with Crippen LogP contribution in [0.5, 0.6) is 0 Å². The fraction of sp³-hybridized carbons (Fsp3) is 0.400. The van der Waals surface area contributed by atoms with Crippen molar-refractivity contribution in [2.24, 2.45) is 0 Å². The van der Waals surface area contributed by atoms with E-state index in [-0.39, 0.29) is 11.8 Å². The Morgan fingerprint density at radius 1 is 1.71 bits per heavy atom. The van der Waals surface area contributed by atoms with Gasteiger partial charge in [0.05, 0.1) is 11.1 Å². The van der Waals surface area contributed by atoms with Gasteiger partial charge in [0.15, 0.2) is 5.69 Å². The number of hydrogen-bond acceptors (Lipinski definition) is 3. The van der Waals surface area contributed by atoms with E-state index < -0.39 is 5.97 Å². The summed E-state index contributed by atoms with van der Waals surface area (Å²) in [5, 5.41) is 0.320. The second kappa shape index (κ2) is 4.96. The third-order valence-corrected chi connectivity index (χ3v) is 2.14. The van der Waals surface area contributed by atoms with Crippen LogP contribution in [0.15, 0.2) is 18.3 Å². The Balaban J connectivity index is 2.75. The Morgan fingerprint density at radius 3 is 3.00 bits per heavy atom. The molecule has 0 radical (unpaired) electrons. The highest BCUT2D eigenvalue weighted by atomic mass is 35.5. The Kier molecular flexibility index (Phi) is 3.89. The van der Waals surface area contributed by atoms with E-state index in [1.165, 1.54) is 6.20 Å². The van der Waals surface area contributed by atoms with Gasteiger partial charge in [-0.3, -0.25) is 0 Å². The van der Waals surface area contributed by atoms with Gasteiger partial charge < -0.3 is 4.74 Å². The van der Waals surface area contributed by atoms with Gasteiger partial charge in [-0.1, -0.05) is 18.5 Å². The number of ether oxygens (including phenoxy) is 1. The summed E-state index contributed by atoms with van der Waals surface area (Å²) < 4.78 is 5.08. The van der Waals surface area contributed by atoms with Gasteiger partial charge in [-0.15, -0.1) is 0 Å². The van der Waals surface area contributed by atoms with Crippen molar-refractivity contribution in [3.63, 3.8) is 0 Å². The molecule has 4 heteroatoms. The van der Waals surface area contributed by atoms with Crippen molar-refractivity contribution in [2.75, 3.05) is 0 Å². The number of esters is 1. The van der Waals surface area contributed by atoms with E-state index in [4.69, 9.17) is 16.3 Å². The van der Waals surface area contributed by atoms with Gasteiger partial charge in [-0.25, -0.2) is 9.78 Å². The SMILES string of the molecule is CCC(C)OC(=O)c1ncccc1Cl. The number of halogens is 1. The van der Waals surface area contributed by atoms with E-state index in [0.29, 0.717) is 5.02 Å². The molecule has 0 aliphatic heterocycles. The van der Waals surface area contributed by atoms with Crippen molar-refractivity contribution in [1.82, 2.24) is 4.98 Å². The third-order valence-electron chi connectivity index (χ3n) is 1.83. The van der Waals surface area contributed by atoms with Crippen LogP contribution in [0.2, 0.25) is 5.02 Å². The average molecular weight is 214 g/mol. The predicted octanol–water partition coefficient (Wildman–Crippen LogP) is 2.69. The zero-order chi connectivity index (χ0) is 10.6. The van der Waals surface area contributed by atoms with Gasteiger partial charge >= 0.3 is 5.97 Å². The predicted molar refractivity (Wildman–Crippen MR) is 54.4 cm³/mol. The molecule has 3 nitrogen and oxygen atoms in total. The molecule has 14 heavy (non-hydrogen) atoms. The van der Waals surface area contributed by atoms with Crippen LogP contribution in [0.3, 0.4) is 0 Å². The first-order valence-electron chi connectivity index (χ1n) is 4.46. The first-order valence-corrected chi connectivity index (χ1v) is 4.84. The molecule has 0 aromatic carbocycles. The summed E-state index contributed by atoms with van der Waals surface area (Å²) in [7, 11) is 0. The topological polar surface area (TPSA) is 39.2 Å². The van der Waals surface area contributed by atoms with E-state index in [1.54, 1.807) is 12.1 Å². The van der Waals surface area contributed by atoms with Crippen LogP contribution >= 0.6 is 11.6 Å². The van der Waals surface area contributed by atoms with Crippen LogP contribution < -0.4 is 0 Å². The van der Waals surface area contributed by atoms with Crippen LogP contribution in [0.1, 0.15) is 30.8 Å². The minimum Gasteiger partial charge on any atom is -0.458 e. The highest BCUT2D eigenvalue weighted by Crippen LogP contribution is 2.14. The van der Waals surface area contributed by atoms with E-state index >= 15 is 0 Å². The molecule has 0 aliphatic rings. The number of carbonyl (C=O) groups excluding carboxylic acids is 1. The molecule has 76 valence electrons. The summed E-state index contributed by atoms with van der Waals surface area (Å²) >= 11 is 5.78. The molecule has 1 rings (SSSR count). The molecule has 0 aliphatic carbocycles. The number of hydrogen-bond donors (Lipinski definition) is 0. The summed E-state index contributed by atoms with van der Waals surface area (Å²) in [6, 6.07) is 3.28. The molecule has 1 atom stereocenters. The number of carbonyl (C=O) groups is 1. The number of nitrogens with zero attached hydrogens (tertiary/aromatic N) is 1. The molecular formula is C10H12ClNO2. The molecule has 0 bridgehead atoms. The lowest BCUT2D eigenvalue weighted by Crippen LogP contribution is -2.15. The number of aromatic nitrogens is 1. The number of rotatable bonds is 3. The molecule has 0 saturated heterocycles. The van der Waals surface area contributed by atoms with E-state index in [1.807, 2.05) is 13.8 Å². The zero-order valence-electron chi connectivity index (χ0n) is 8.16. The largest absolute Gasteiger partial charge is 0.458 e. The standard InChI is InChI=1S/C10H12ClNO2/c1-3-7(2)14-10(13)9-8(11)5-4-6-12-9/h4-7H,3H2,1-2H3. The van der Waals surface area contributed by atoms with Crippen molar-refractivity contribution >= 4 is 17.6 Å². The van der Waals surface area contributed by atoms with E-state index in [9.17, 15) is 4.79 Å². The summed E-state index contributed by atoms with van der Waals surface area (Å²) in [5.41, 5.74) is 0.175. The van der Waals surface area contributed by atoms with Crippen molar-refractivity contribution in [2.45, 2.75) is 26.4 Å². The zero-order valence-corrected chi connectivity index (χ0v) is 8.91. The number of pyridine rings is 1. The summed E-state index contributed by atoms with van der Waals surface area (Å²) in [6.07, 6.45) is 2.18. The quantitative estimate of drug-likeness (QED) is 0.725. The van der Waals surface area contributed by atoms with Gasteiger partial charge in [0.2, 0.25) is 0 Å². The van der Waals surface area contributed by atoms with Crippen molar-refractivity contribution < 1.29 is 9.53 Å².